The molecule has 1 saturated carbocycles. The maximum atomic E-state index is 6.41. The molecule has 1 N–H and O–H groups in total. The molecule has 2 rings (SSSR count). The molecule has 1 aliphatic carbocycles. The van der Waals surface area contributed by atoms with E-state index >= 15 is 0 Å². The van der Waals surface area contributed by atoms with Crippen LogP contribution in [0.3, 0.4) is 0 Å². The molecule has 0 saturated heterocycles. The minimum absolute atomic E-state index is 0.434. The van der Waals surface area contributed by atoms with Gasteiger partial charge in [0.05, 0.1) is 0 Å². The molecule has 1 aromatic rings. The minimum Gasteiger partial charge on any atom is -0.310 e. The van der Waals surface area contributed by atoms with Crippen LogP contribution in [-0.4, -0.2) is 6.54 Å². The van der Waals surface area contributed by atoms with Crippen LogP contribution in [0.15, 0.2) is 18.2 Å². The highest BCUT2D eigenvalue weighted by Gasteiger charge is 2.23. The van der Waals surface area contributed by atoms with Crippen LogP contribution in [0.4, 0.5) is 0 Å². The quantitative estimate of drug-likeness (QED) is 0.773. The van der Waals surface area contributed by atoms with Crippen molar-refractivity contribution in [2.45, 2.75) is 52.0 Å². The summed E-state index contributed by atoms with van der Waals surface area (Å²) in [6, 6.07) is 6.88. The predicted octanol–water partition coefficient (Wildman–Crippen LogP) is 4.88. The number of hydrogen-bond donors (Lipinski definition) is 1. The van der Waals surface area contributed by atoms with E-state index < -0.39 is 0 Å². The first kappa shape index (κ1) is 13.9. The molecule has 2 heteroatoms. The van der Waals surface area contributed by atoms with E-state index in [0.717, 1.165) is 17.5 Å². The summed E-state index contributed by atoms with van der Waals surface area (Å²) in [5, 5.41) is 4.58. The van der Waals surface area contributed by atoms with E-state index in [2.05, 4.69) is 37.4 Å². The van der Waals surface area contributed by atoms with Gasteiger partial charge in [0.25, 0.3) is 0 Å². The number of halogens is 1. The summed E-state index contributed by atoms with van der Waals surface area (Å²) in [5.74, 6) is 0.900. The van der Waals surface area contributed by atoms with Gasteiger partial charge >= 0.3 is 0 Å². The molecule has 1 nitrogen and oxygen atoms in total. The Labute approximate surface area is 116 Å². The van der Waals surface area contributed by atoms with E-state index in [1.807, 2.05) is 0 Å². The third kappa shape index (κ3) is 3.49. The zero-order chi connectivity index (χ0) is 13.0. The van der Waals surface area contributed by atoms with Crippen LogP contribution in [0.25, 0.3) is 0 Å². The zero-order valence-electron chi connectivity index (χ0n) is 11.5. The lowest BCUT2D eigenvalue weighted by atomic mass is 9.79. The lowest BCUT2D eigenvalue weighted by molar-refractivity contribution is 0.261. The van der Waals surface area contributed by atoms with Crippen molar-refractivity contribution in [3.05, 3.63) is 34.3 Å². The third-order valence-corrected chi connectivity index (χ3v) is 4.29. The molecule has 100 valence electrons. The summed E-state index contributed by atoms with van der Waals surface area (Å²) >= 11 is 6.41. The molecule has 0 bridgehead atoms. The molecule has 1 aromatic carbocycles. The second-order valence-electron chi connectivity index (χ2n) is 5.56. The number of rotatable bonds is 6. The molecular weight excluding hydrogens is 242 g/mol. The Hall–Kier alpha value is -0.530. The average Bonchev–Trinajstić information content (AvgIpc) is 2.28. The second kappa shape index (κ2) is 6.58. The van der Waals surface area contributed by atoms with Crippen LogP contribution in [0, 0.1) is 12.8 Å². The minimum atomic E-state index is 0.434. The van der Waals surface area contributed by atoms with E-state index in [-0.39, 0.29) is 0 Å². The van der Waals surface area contributed by atoms with E-state index in [9.17, 15) is 0 Å². The number of hydrogen-bond acceptors (Lipinski definition) is 1. The van der Waals surface area contributed by atoms with Crippen LogP contribution in [0.1, 0.15) is 56.2 Å². The molecule has 0 radical (unpaired) electrons. The van der Waals surface area contributed by atoms with Gasteiger partial charge in [-0.3, -0.25) is 0 Å². The van der Waals surface area contributed by atoms with Crippen molar-refractivity contribution < 1.29 is 0 Å². The summed E-state index contributed by atoms with van der Waals surface area (Å²) in [6.07, 6.45) is 6.61. The first-order valence-electron chi connectivity index (χ1n) is 7.20. The van der Waals surface area contributed by atoms with E-state index in [1.54, 1.807) is 0 Å². The molecule has 0 aliphatic heterocycles. The Morgan fingerprint density at radius 1 is 1.39 bits per heavy atom. The molecular formula is C16H24ClN. The molecule has 1 unspecified atom stereocenters. The molecule has 0 aromatic heterocycles. The Balaban J connectivity index is 2.09. The van der Waals surface area contributed by atoms with Crippen LogP contribution in [-0.2, 0) is 0 Å². The Bertz CT molecular complexity index is 385. The van der Waals surface area contributed by atoms with Crippen LogP contribution >= 0.6 is 11.6 Å². The van der Waals surface area contributed by atoms with Gasteiger partial charge in [0.15, 0.2) is 0 Å². The fourth-order valence-corrected chi connectivity index (χ4v) is 2.98. The maximum absolute atomic E-state index is 6.41. The van der Waals surface area contributed by atoms with Gasteiger partial charge in [-0.05, 0) is 49.4 Å². The lowest BCUT2D eigenvalue weighted by Gasteiger charge is -2.31. The van der Waals surface area contributed by atoms with Crippen LogP contribution < -0.4 is 5.32 Å². The van der Waals surface area contributed by atoms with Gasteiger partial charge in [-0.2, -0.15) is 0 Å². The smallest absolute Gasteiger partial charge is 0.0456 e. The highest BCUT2D eigenvalue weighted by Crippen LogP contribution is 2.36. The van der Waals surface area contributed by atoms with Crippen molar-refractivity contribution in [1.29, 1.82) is 0 Å². The number of aryl methyl sites for hydroxylation is 1. The first-order chi connectivity index (χ1) is 8.70. The van der Waals surface area contributed by atoms with Gasteiger partial charge in [-0.15, -0.1) is 0 Å². The number of nitrogens with one attached hydrogen (secondary N) is 1. The topological polar surface area (TPSA) is 12.0 Å². The molecule has 0 heterocycles. The van der Waals surface area contributed by atoms with Crippen molar-refractivity contribution in [2.75, 3.05) is 6.54 Å². The third-order valence-electron chi connectivity index (χ3n) is 3.97. The fraction of sp³-hybridized carbons (Fsp3) is 0.625. The van der Waals surface area contributed by atoms with Crippen LogP contribution in [0.2, 0.25) is 5.02 Å². The van der Waals surface area contributed by atoms with Crippen molar-refractivity contribution in [2.24, 2.45) is 5.92 Å². The van der Waals surface area contributed by atoms with E-state index in [1.165, 1.54) is 43.2 Å². The molecule has 1 atom stereocenters. The fourth-order valence-electron chi connectivity index (χ4n) is 2.62. The van der Waals surface area contributed by atoms with Gasteiger partial charge in [-0.25, -0.2) is 0 Å². The molecule has 1 aliphatic rings. The van der Waals surface area contributed by atoms with Gasteiger partial charge in [0.2, 0.25) is 0 Å². The zero-order valence-corrected chi connectivity index (χ0v) is 12.3. The number of benzene rings is 1. The van der Waals surface area contributed by atoms with Crippen molar-refractivity contribution >= 4 is 11.6 Å². The van der Waals surface area contributed by atoms with Gasteiger partial charge in [-0.1, -0.05) is 49.9 Å². The SMILES string of the molecule is CCCNC(CC1CCC1)c1ccc(C)cc1Cl. The summed E-state index contributed by atoms with van der Waals surface area (Å²) in [6.45, 7) is 5.38. The Morgan fingerprint density at radius 2 is 2.17 bits per heavy atom. The Kier molecular flexibility index (Phi) is 5.08. The predicted molar refractivity (Wildman–Crippen MR) is 79.2 cm³/mol. The summed E-state index contributed by atoms with van der Waals surface area (Å²) in [7, 11) is 0. The van der Waals surface area contributed by atoms with Gasteiger partial charge in [0, 0.05) is 11.1 Å². The maximum Gasteiger partial charge on any atom is 0.0456 e. The molecule has 18 heavy (non-hydrogen) atoms. The highest BCUT2D eigenvalue weighted by atomic mass is 35.5. The normalized spacial score (nSPS) is 17.5. The summed E-state index contributed by atoms with van der Waals surface area (Å²) in [5.41, 5.74) is 2.52. The van der Waals surface area contributed by atoms with Crippen molar-refractivity contribution in [3.63, 3.8) is 0 Å². The summed E-state index contributed by atoms with van der Waals surface area (Å²) in [4.78, 5) is 0. The summed E-state index contributed by atoms with van der Waals surface area (Å²) < 4.78 is 0. The standard InChI is InChI=1S/C16H24ClN/c1-3-9-18-16(11-13-5-4-6-13)14-8-7-12(2)10-15(14)17/h7-8,10,13,16,18H,3-6,9,11H2,1-2H3. The molecule has 0 amide bonds. The average molecular weight is 266 g/mol. The van der Waals surface area contributed by atoms with Crippen molar-refractivity contribution in [1.82, 2.24) is 5.32 Å². The lowest BCUT2D eigenvalue weighted by Crippen LogP contribution is -2.27. The second-order valence-corrected chi connectivity index (χ2v) is 5.97. The molecule has 0 spiro atoms. The van der Waals surface area contributed by atoms with Gasteiger partial charge in [0.1, 0.15) is 0 Å². The highest BCUT2D eigenvalue weighted by molar-refractivity contribution is 6.31. The monoisotopic (exact) mass is 265 g/mol. The van der Waals surface area contributed by atoms with Crippen LogP contribution in [0.5, 0.6) is 0 Å². The van der Waals surface area contributed by atoms with Crippen molar-refractivity contribution in [3.8, 4) is 0 Å². The van der Waals surface area contributed by atoms with Gasteiger partial charge < -0.3 is 5.32 Å². The van der Waals surface area contributed by atoms with E-state index in [0.29, 0.717) is 6.04 Å². The Morgan fingerprint density at radius 3 is 2.72 bits per heavy atom. The van der Waals surface area contributed by atoms with E-state index in [4.69, 9.17) is 11.6 Å². The largest absolute Gasteiger partial charge is 0.310 e. The first-order valence-corrected chi connectivity index (χ1v) is 7.58. The molecule has 1 fully saturated rings.